The third-order valence-corrected chi connectivity index (χ3v) is 6.90. The lowest BCUT2D eigenvalue weighted by atomic mass is 10.1. The Morgan fingerprint density at radius 2 is 1.88 bits per heavy atom. The first-order chi connectivity index (χ1) is 19.9. The first-order valence-electron chi connectivity index (χ1n) is 13.7. The maximum absolute atomic E-state index is 13.4. The number of amides is 3. The Balaban J connectivity index is 1.29. The van der Waals surface area contributed by atoms with Gasteiger partial charge in [-0.05, 0) is 55.7 Å². The number of rotatable bonds is 2. The number of carbonyl (C=O) groups excluding carboxylic acids is 3. The lowest BCUT2D eigenvalue weighted by Crippen LogP contribution is -2.45. The number of nitrogens with one attached hydrogen (secondary N) is 2. The minimum absolute atomic E-state index is 0.0854. The first-order valence-corrected chi connectivity index (χ1v) is 13.7. The Kier molecular flexibility index (Phi) is 8.66. The van der Waals surface area contributed by atoms with Crippen molar-refractivity contribution < 1.29 is 28.6 Å². The SMILES string of the molecule is Cc1ccc2c(c1)OCCCn1cc(nn1)CN(C(=O)Cc1ccc3c(c1)OCO3)CCCNC(=O)[C@@H](C)NC2=O. The zero-order chi connectivity index (χ0) is 28.8. The van der Waals surface area contributed by atoms with Crippen LogP contribution < -0.4 is 24.8 Å². The van der Waals surface area contributed by atoms with Gasteiger partial charge < -0.3 is 29.7 Å². The molecule has 0 saturated heterocycles. The van der Waals surface area contributed by atoms with Crippen LogP contribution in [0.3, 0.4) is 0 Å². The summed E-state index contributed by atoms with van der Waals surface area (Å²) in [5.41, 5.74) is 2.80. The van der Waals surface area contributed by atoms with Gasteiger partial charge >= 0.3 is 0 Å². The van der Waals surface area contributed by atoms with Crippen LogP contribution >= 0.6 is 0 Å². The van der Waals surface area contributed by atoms with Crippen molar-refractivity contribution >= 4 is 17.7 Å². The summed E-state index contributed by atoms with van der Waals surface area (Å²) < 4.78 is 18.5. The van der Waals surface area contributed by atoms with E-state index in [2.05, 4.69) is 20.9 Å². The molecule has 216 valence electrons. The summed E-state index contributed by atoms with van der Waals surface area (Å²) in [6, 6.07) is 10.1. The van der Waals surface area contributed by atoms with E-state index in [1.165, 1.54) is 0 Å². The monoisotopic (exact) mass is 562 g/mol. The van der Waals surface area contributed by atoms with E-state index in [9.17, 15) is 14.4 Å². The summed E-state index contributed by atoms with van der Waals surface area (Å²) in [6.45, 7) is 5.65. The summed E-state index contributed by atoms with van der Waals surface area (Å²) in [5, 5.41) is 14.1. The number of aryl methyl sites for hydroxylation is 2. The number of ether oxygens (including phenoxy) is 3. The number of benzene rings is 2. The topological polar surface area (TPSA) is 137 Å². The third-order valence-electron chi connectivity index (χ3n) is 6.90. The average molecular weight is 563 g/mol. The molecule has 3 heterocycles. The molecule has 2 bridgehead atoms. The van der Waals surface area contributed by atoms with Gasteiger partial charge in [0.25, 0.3) is 5.91 Å². The van der Waals surface area contributed by atoms with Crippen LogP contribution in [-0.4, -0.2) is 70.1 Å². The van der Waals surface area contributed by atoms with Gasteiger partial charge in [-0.25, -0.2) is 0 Å². The molecule has 1 atom stereocenters. The second-order valence-electron chi connectivity index (χ2n) is 10.2. The maximum atomic E-state index is 13.4. The molecule has 2 aliphatic rings. The highest BCUT2D eigenvalue weighted by atomic mass is 16.7. The number of hydrogen-bond acceptors (Lipinski definition) is 8. The molecular formula is C29H34N6O6. The summed E-state index contributed by atoms with van der Waals surface area (Å²) in [6.07, 6.45) is 3.15. The van der Waals surface area contributed by atoms with Gasteiger partial charge in [0.15, 0.2) is 11.5 Å². The quantitative estimate of drug-likeness (QED) is 0.484. The standard InChI is InChI=1S/C29H34N6O6/c1-19-5-7-23-25(13-19)39-12-4-11-35-17-22(32-33-35)16-34(10-3-9-30-28(37)20(2)31-29(23)38)27(36)15-21-6-8-24-26(14-21)41-18-40-24/h5-8,13-14,17,20H,3-4,9-12,15-16,18H2,1-2H3,(H,30,37)(H,31,38)/t20-/m1/s1. The van der Waals surface area contributed by atoms with Gasteiger partial charge in [0.2, 0.25) is 18.6 Å². The van der Waals surface area contributed by atoms with Crippen LogP contribution in [0.5, 0.6) is 17.2 Å². The Labute approximate surface area is 237 Å². The summed E-state index contributed by atoms with van der Waals surface area (Å²) in [7, 11) is 0. The molecule has 3 amide bonds. The highest BCUT2D eigenvalue weighted by Gasteiger charge is 2.22. The van der Waals surface area contributed by atoms with Crippen molar-refractivity contribution in [3.05, 3.63) is 65.0 Å². The van der Waals surface area contributed by atoms with Gasteiger partial charge in [-0.15, -0.1) is 5.10 Å². The lowest BCUT2D eigenvalue weighted by Gasteiger charge is -2.22. The van der Waals surface area contributed by atoms with E-state index in [0.717, 1.165) is 11.1 Å². The van der Waals surface area contributed by atoms with Crippen molar-refractivity contribution in [3.8, 4) is 17.2 Å². The normalized spacial score (nSPS) is 18.2. The van der Waals surface area contributed by atoms with Crippen LogP contribution in [0.4, 0.5) is 0 Å². The van der Waals surface area contributed by atoms with Crippen LogP contribution in [0.2, 0.25) is 0 Å². The molecule has 12 heteroatoms. The minimum atomic E-state index is -0.753. The summed E-state index contributed by atoms with van der Waals surface area (Å²) in [5.74, 6) is 0.964. The number of nitrogens with zero attached hydrogens (tertiary/aromatic N) is 4. The molecular weight excluding hydrogens is 528 g/mol. The Hall–Kier alpha value is -4.61. The van der Waals surface area contributed by atoms with Crippen molar-refractivity contribution in [2.45, 2.75) is 52.2 Å². The number of hydrogen-bond donors (Lipinski definition) is 2. The number of carbonyl (C=O) groups is 3. The number of aromatic nitrogens is 3. The molecule has 0 unspecified atom stereocenters. The van der Waals surface area contributed by atoms with E-state index in [0.29, 0.717) is 67.6 Å². The van der Waals surface area contributed by atoms with Crippen LogP contribution in [0.15, 0.2) is 42.6 Å². The van der Waals surface area contributed by atoms with E-state index in [-0.39, 0.29) is 37.5 Å². The smallest absolute Gasteiger partial charge is 0.255 e. The van der Waals surface area contributed by atoms with Crippen molar-refractivity contribution in [2.75, 3.05) is 26.5 Å². The zero-order valence-electron chi connectivity index (χ0n) is 23.2. The Bertz CT molecular complexity index is 1420. The van der Waals surface area contributed by atoms with E-state index in [4.69, 9.17) is 14.2 Å². The van der Waals surface area contributed by atoms with Crippen molar-refractivity contribution in [1.29, 1.82) is 0 Å². The zero-order valence-corrected chi connectivity index (χ0v) is 23.2. The predicted octanol–water partition coefficient (Wildman–Crippen LogP) is 1.99. The van der Waals surface area contributed by atoms with E-state index >= 15 is 0 Å². The third kappa shape index (κ3) is 7.13. The molecule has 0 fully saturated rings. The summed E-state index contributed by atoms with van der Waals surface area (Å²) >= 11 is 0. The molecule has 2 N–H and O–H groups in total. The Morgan fingerprint density at radius 1 is 1.02 bits per heavy atom. The highest BCUT2D eigenvalue weighted by molar-refractivity contribution is 5.99. The fraction of sp³-hybridized carbons (Fsp3) is 0.414. The van der Waals surface area contributed by atoms with Crippen LogP contribution in [-0.2, 0) is 29.1 Å². The second kappa shape index (κ2) is 12.7. The van der Waals surface area contributed by atoms with E-state index in [1.807, 2.05) is 37.4 Å². The molecule has 0 aliphatic carbocycles. The average Bonchev–Trinajstić information content (AvgIpc) is 3.61. The second-order valence-corrected chi connectivity index (χ2v) is 10.2. The number of fused-ring (bicyclic) bond motifs is 4. The maximum Gasteiger partial charge on any atom is 0.255 e. The molecule has 0 radical (unpaired) electrons. The molecule has 1 aromatic heterocycles. The fourth-order valence-electron chi connectivity index (χ4n) is 4.66. The van der Waals surface area contributed by atoms with Gasteiger partial charge in [0.1, 0.15) is 17.5 Å². The van der Waals surface area contributed by atoms with Crippen LogP contribution in [0, 0.1) is 6.92 Å². The molecule has 5 rings (SSSR count). The highest BCUT2D eigenvalue weighted by Crippen LogP contribution is 2.32. The summed E-state index contributed by atoms with van der Waals surface area (Å²) in [4.78, 5) is 40.8. The van der Waals surface area contributed by atoms with E-state index in [1.54, 1.807) is 28.6 Å². The van der Waals surface area contributed by atoms with Gasteiger partial charge in [-0.3, -0.25) is 19.1 Å². The van der Waals surface area contributed by atoms with Crippen LogP contribution in [0.25, 0.3) is 0 Å². The molecule has 2 aliphatic heterocycles. The van der Waals surface area contributed by atoms with Gasteiger partial charge in [0.05, 0.1) is 31.3 Å². The molecule has 41 heavy (non-hydrogen) atoms. The fourth-order valence-corrected chi connectivity index (χ4v) is 4.66. The predicted molar refractivity (Wildman–Crippen MR) is 148 cm³/mol. The largest absolute Gasteiger partial charge is 0.493 e. The Morgan fingerprint density at radius 3 is 2.76 bits per heavy atom. The first kappa shape index (κ1) is 27.9. The van der Waals surface area contributed by atoms with E-state index < -0.39 is 6.04 Å². The van der Waals surface area contributed by atoms with Crippen LogP contribution in [0.1, 0.15) is 46.9 Å². The van der Waals surface area contributed by atoms with Crippen molar-refractivity contribution in [2.24, 2.45) is 0 Å². The van der Waals surface area contributed by atoms with Gasteiger partial charge in [-0.2, -0.15) is 0 Å². The van der Waals surface area contributed by atoms with Crippen molar-refractivity contribution in [1.82, 2.24) is 30.5 Å². The molecule has 0 spiro atoms. The molecule has 3 aromatic rings. The molecule has 2 aromatic carbocycles. The minimum Gasteiger partial charge on any atom is -0.493 e. The van der Waals surface area contributed by atoms with Gasteiger partial charge in [-0.1, -0.05) is 17.3 Å². The molecule has 12 nitrogen and oxygen atoms in total. The van der Waals surface area contributed by atoms with Gasteiger partial charge in [0, 0.05) is 26.1 Å². The van der Waals surface area contributed by atoms with Crippen molar-refractivity contribution in [3.63, 3.8) is 0 Å². The molecule has 0 saturated carbocycles. The lowest BCUT2D eigenvalue weighted by molar-refractivity contribution is -0.131.